The topological polar surface area (TPSA) is 81.0 Å². The number of hydrogen-bond donors (Lipinski definition) is 0. The number of hydrogen-bond acceptors (Lipinski definition) is 6. The summed E-state index contributed by atoms with van der Waals surface area (Å²) in [6.45, 7) is 5.61. The Hall–Kier alpha value is -3.52. The molecule has 8 heteroatoms. The van der Waals surface area contributed by atoms with Crippen LogP contribution >= 0.6 is 0 Å². The van der Waals surface area contributed by atoms with E-state index in [1.54, 1.807) is 18.2 Å². The van der Waals surface area contributed by atoms with E-state index in [0.717, 1.165) is 59.5 Å². The van der Waals surface area contributed by atoms with Gasteiger partial charge >= 0.3 is 0 Å². The molecule has 0 bridgehead atoms. The van der Waals surface area contributed by atoms with Gasteiger partial charge in [0.1, 0.15) is 11.3 Å². The summed E-state index contributed by atoms with van der Waals surface area (Å²) in [5.41, 5.74) is 4.80. The van der Waals surface area contributed by atoms with E-state index in [9.17, 15) is 8.42 Å². The molecule has 2 aromatic heterocycles. The number of anilines is 1. The Kier molecular flexibility index (Phi) is 5.46. The highest BCUT2D eigenvalue weighted by Crippen LogP contribution is 2.30. The lowest BCUT2D eigenvalue weighted by Crippen LogP contribution is -2.35. The van der Waals surface area contributed by atoms with Crippen molar-refractivity contribution in [3.05, 3.63) is 72.9 Å². The Bertz CT molecular complexity index is 1400. The summed E-state index contributed by atoms with van der Waals surface area (Å²) in [6.07, 6.45) is 6.81. The largest absolute Gasteiger partial charge is 0.356 e. The molecule has 1 fully saturated rings. The van der Waals surface area contributed by atoms with Crippen LogP contribution in [0.3, 0.4) is 0 Å². The number of rotatable bonds is 5. The van der Waals surface area contributed by atoms with Gasteiger partial charge in [0.05, 0.1) is 16.5 Å². The molecule has 0 saturated carbocycles. The molecule has 3 heterocycles. The number of pyridine rings is 1. The first kappa shape index (κ1) is 21.3. The summed E-state index contributed by atoms with van der Waals surface area (Å²) >= 11 is 0. The van der Waals surface area contributed by atoms with Crippen LogP contribution in [0.5, 0.6) is 0 Å². The van der Waals surface area contributed by atoms with E-state index in [1.807, 2.05) is 47.3 Å². The zero-order chi connectivity index (χ0) is 23.0. The fourth-order valence-electron chi connectivity index (χ4n) is 4.33. The van der Waals surface area contributed by atoms with Gasteiger partial charge in [-0.25, -0.2) is 18.1 Å². The van der Waals surface area contributed by atoms with Crippen molar-refractivity contribution < 1.29 is 8.42 Å². The van der Waals surface area contributed by atoms with E-state index in [1.165, 1.54) is 6.26 Å². The average Bonchev–Trinajstić information content (AvgIpc) is 3.27. The van der Waals surface area contributed by atoms with Crippen LogP contribution in [0.2, 0.25) is 0 Å². The minimum absolute atomic E-state index is 0.290. The second kappa shape index (κ2) is 8.44. The second-order valence-corrected chi connectivity index (χ2v) is 10.4. The first-order chi connectivity index (χ1) is 15.9. The fourth-order valence-corrected chi connectivity index (χ4v) is 4.96. The third-order valence-electron chi connectivity index (χ3n) is 6.23. The minimum atomic E-state index is -3.21. The molecule has 2 aromatic carbocycles. The molecule has 0 aliphatic carbocycles. The van der Waals surface area contributed by atoms with E-state index < -0.39 is 9.84 Å². The van der Waals surface area contributed by atoms with Crippen molar-refractivity contribution in [3.63, 3.8) is 0 Å². The predicted molar refractivity (Wildman–Crippen MR) is 131 cm³/mol. The van der Waals surface area contributed by atoms with Gasteiger partial charge in [0.15, 0.2) is 9.84 Å². The fraction of sp³-hybridized carbons (Fsp3) is 0.240. The van der Waals surface area contributed by atoms with Crippen LogP contribution in [0, 0.1) is 0 Å². The summed E-state index contributed by atoms with van der Waals surface area (Å²) in [6, 6.07) is 17.4. The lowest BCUT2D eigenvalue weighted by Gasteiger charge is -2.32. The van der Waals surface area contributed by atoms with Gasteiger partial charge in [0.25, 0.3) is 0 Å². The van der Waals surface area contributed by atoms with E-state index >= 15 is 0 Å². The molecule has 0 radical (unpaired) electrons. The monoisotopic (exact) mass is 459 g/mol. The van der Waals surface area contributed by atoms with Crippen LogP contribution in [0.4, 0.5) is 5.82 Å². The molecule has 0 atom stereocenters. The number of sulfone groups is 1. The number of aromatic nitrogens is 4. The number of benzene rings is 2. The van der Waals surface area contributed by atoms with Gasteiger partial charge in [-0.3, -0.25) is 0 Å². The Morgan fingerprint density at radius 3 is 2.36 bits per heavy atom. The molecule has 0 N–H and O–H groups in total. The third kappa shape index (κ3) is 4.26. The molecule has 4 aromatic rings. The maximum atomic E-state index is 11.7. The molecular formula is C25H25N5O2S. The summed E-state index contributed by atoms with van der Waals surface area (Å²) in [5, 5.41) is 8.88. The van der Waals surface area contributed by atoms with Crippen molar-refractivity contribution in [2.45, 2.75) is 23.8 Å². The maximum absolute atomic E-state index is 11.7. The molecule has 168 valence electrons. The molecule has 0 amide bonds. The number of nitrogens with zero attached hydrogens (tertiary/aromatic N) is 5. The molecule has 1 aliphatic rings. The van der Waals surface area contributed by atoms with E-state index in [2.05, 4.69) is 32.8 Å². The van der Waals surface area contributed by atoms with Gasteiger partial charge in [-0.2, -0.15) is 0 Å². The number of piperidine rings is 1. The highest BCUT2D eigenvalue weighted by Gasteiger charge is 2.23. The maximum Gasteiger partial charge on any atom is 0.175 e. The molecule has 1 saturated heterocycles. The summed E-state index contributed by atoms with van der Waals surface area (Å²) in [4.78, 5) is 7.18. The van der Waals surface area contributed by atoms with Crippen LogP contribution in [0.25, 0.3) is 28.2 Å². The van der Waals surface area contributed by atoms with Crippen molar-refractivity contribution >= 4 is 32.8 Å². The lowest BCUT2D eigenvalue weighted by molar-refractivity contribution is 0.368. The molecular weight excluding hydrogens is 434 g/mol. The smallest absolute Gasteiger partial charge is 0.175 e. The lowest BCUT2D eigenvalue weighted by atomic mass is 10.0. The van der Waals surface area contributed by atoms with E-state index in [-0.39, 0.29) is 0 Å². The highest BCUT2D eigenvalue weighted by molar-refractivity contribution is 7.90. The molecule has 5 rings (SSSR count). The molecule has 7 nitrogen and oxygen atoms in total. The van der Waals surface area contributed by atoms with Crippen molar-refractivity contribution in [3.8, 4) is 11.1 Å². The summed E-state index contributed by atoms with van der Waals surface area (Å²) < 4.78 is 25.4. The zero-order valence-corrected chi connectivity index (χ0v) is 19.2. The predicted octanol–water partition coefficient (Wildman–Crippen LogP) is 4.38. The Balaban J connectivity index is 1.32. The van der Waals surface area contributed by atoms with E-state index in [0.29, 0.717) is 10.9 Å². The Labute approximate surface area is 193 Å². The van der Waals surface area contributed by atoms with Crippen molar-refractivity contribution in [2.75, 3.05) is 24.2 Å². The van der Waals surface area contributed by atoms with Gasteiger partial charge < -0.3 is 4.90 Å². The summed E-state index contributed by atoms with van der Waals surface area (Å²) in [5.74, 6) is 0.994. The summed E-state index contributed by atoms with van der Waals surface area (Å²) in [7, 11) is -3.21. The average molecular weight is 460 g/mol. The van der Waals surface area contributed by atoms with Gasteiger partial charge in [0.2, 0.25) is 0 Å². The van der Waals surface area contributed by atoms with Crippen molar-refractivity contribution in [1.82, 2.24) is 20.0 Å². The van der Waals surface area contributed by atoms with Crippen molar-refractivity contribution in [2.24, 2.45) is 0 Å². The molecule has 0 spiro atoms. The van der Waals surface area contributed by atoms with Gasteiger partial charge in [-0.05, 0) is 65.9 Å². The number of fused-ring (bicyclic) bond motifs is 1. The van der Waals surface area contributed by atoms with E-state index in [4.69, 9.17) is 0 Å². The second-order valence-electron chi connectivity index (χ2n) is 8.41. The quantitative estimate of drug-likeness (QED) is 0.441. The first-order valence-electron chi connectivity index (χ1n) is 10.9. The Morgan fingerprint density at radius 2 is 1.73 bits per heavy atom. The normalized spacial score (nSPS) is 15.1. The van der Waals surface area contributed by atoms with Gasteiger partial charge in [-0.1, -0.05) is 36.1 Å². The minimum Gasteiger partial charge on any atom is -0.356 e. The van der Waals surface area contributed by atoms with Crippen LogP contribution < -0.4 is 4.90 Å². The third-order valence-corrected chi connectivity index (χ3v) is 7.36. The van der Waals surface area contributed by atoms with Crippen LogP contribution in [-0.4, -0.2) is 47.7 Å². The molecule has 0 unspecified atom stereocenters. The SMILES string of the molecule is C=Cc1ccc(N2CCC(n3nnc4cc(-c5ccc(S(C)(=O)=O)cc5)ccc43)CC2)nc1. The van der Waals surface area contributed by atoms with Crippen LogP contribution in [-0.2, 0) is 9.84 Å². The van der Waals surface area contributed by atoms with Gasteiger partial charge in [0, 0.05) is 25.5 Å². The van der Waals surface area contributed by atoms with Crippen LogP contribution in [0.15, 0.2) is 72.3 Å². The zero-order valence-electron chi connectivity index (χ0n) is 18.4. The highest BCUT2D eigenvalue weighted by atomic mass is 32.2. The Morgan fingerprint density at radius 1 is 1.00 bits per heavy atom. The standard InChI is InChI=1S/C25H25N5O2S/c1-3-18-4-11-25(26-17-18)29-14-12-21(13-15-29)30-24-10-7-20(16-23(24)27-28-30)19-5-8-22(9-6-19)33(2,31)32/h3-11,16-17,21H,1,12-15H2,2H3. The molecule has 1 aliphatic heterocycles. The van der Waals surface area contributed by atoms with Crippen LogP contribution in [0.1, 0.15) is 24.4 Å². The molecule has 33 heavy (non-hydrogen) atoms. The van der Waals surface area contributed by atoms with Gasteiger partial charge in [-0.15, -0.1) is 5.10 Å². The first-order valence-corrected chi connectivity index (χ1v) is 12.8. The van der Waals surface area contributed by atoms with Crippen molar-refractivity contribution in [1.29, 1.82) is 0 Å².